The first-order valence-electron chi connectivity index (χ1n) is 6.80. The summed E-state index contributed by atoms with van der Waals surface area (Å²) in [6, 6.07) is 11.6. The largest absolute Gasteiger partial charge is 0.330 e. The minimum absolute atomic E-state index is 0.331. The van der Waals surface area contributed by atoms with Gasteiger partial charge in [-0.3, -0.25) is 0 Å². The van der Waals surface area contributed by atoms with E-state index in [1.807, 2.05) is 28.8 Å². The van der Waals surface area contributed by atoms with Gasteiger partial charge in [0.2, 0.25) is 0 Å². The summed E-state index contributed by atoms with van der Waals surface area (Å²) >= 11 is 3.40. The molecular formula is C17H13BrF2N2. The Hall–Kier alpha value is -2.01. The van der Waals surface area contributed by atoms with E-state index >= 15 is 0 Å². The topological polar surface area (TPSA) is 17.8 Å². The lowest BCUT2D eigenvalue weighted by atomic mass is 10.1. The summed E-state index contributed by atoms with van der Waals surface area (Å²) in [5.74, 6) is -0.267. The summed E-state index contributed by atoms with van der Waals surface area (Å²) in [5, 5.41) is 0. The number of rotatable bonds is 4. The highest BCUT2D eigenvalue weighted by Crippen LogP contribution is 2.16. The second-order valence-electron chi connectivity index (χ2n) is 5.01. The molecule has 0 aliphatic carbocycles. The Labute approximate surface area is 135 Å². The summed E-state index contributed by atoms with van der Waals surface area (Å²) in [6.07, 6.45) is 4.15. The first-order valence-corrected chi connectivity index (χ1v) is 7.59. The van der Waals surface area contributed by atoms with Crippen molar-refractivity contribution < 1.29 is 8.78 Å². The maximum absolute atomic E-state index is 13.8. The van der Waals surface area contributed by atoms with Gasteiger partial charge in [0, 0.05) is 34.9 Å². The number of imidazole rings is 1. The lowest BCUT2D eigenvalue weighted by Gasteiger charge is -2.09. The minimum atomic E-state index is -0.568. The summed E-state index contributed by atoms with van der Waals surface area (Å²) in [5.41, 5.74) is 1.56. The van der Waals surface area contributed by atoms with Crippen LogP contribution in [0.2, 0.25) is 0 Å². The second-order valence-corrected chi connectivity index (χ2v) is 5.93. The molecule has 112 valence electrons. The van der Waals surface area contributed by atoms with Gasteiger partial charge in [0.05, 0.1) is 6.54 Å². The number of nitrogens with zero attached hydrogens (tertiary/aromatic N) is 2. The van der Waals surface area contributed by atoms with Gasteiger partial charge < -0.3 is 4.57 Å². The molecule has 0 atom stereocenters. The van der Waals surface area contributed by atoms with Crippen LogP contribution in [0.25, 0.3) is 0 Å². The number of hydrogen-bond acceptors (Lipinski definition) is 1. The Balaban J connectivity index is 1.81. The molecule has 1 aromatic heterocycles. The van der Waals surface area contributed by atoms with Crippen LogP contribution in [-0.4, -0.2) is 9.55 Å². The molecule has 3 aromatic rings. The lowest BCUT2D eigenvalue weighted by Crippen LogP contribution is -2.06. The third-order valence-corrected chi connectivity index (χ3v) is 3.96. The van der Waals surface area contributed by atoms with Crippen molar-refractivity contribution in [1.82, 2.24) is 9.55 Å². The van der Waals surface area contributed by atoms with Crippen LogP contribution in [0, 0.1) is 11.6 Å². The van der Waals surface area contributed by atoms with Gasteiger partial charge in [-0.15, -0.1) is 0 Å². The van der Waals surface area contributed by atoms with Crippen LogP contribution in [-0.2, 0) is 13.0 Å². The van der Waals surface area contributed by atoms with Crippen molar-refractivity contribution in [3.63, 3.8) is 0 Å². The maximum Gasteiger partial charge on any atom is 0.131 e. The molecule has 0 spiro atoms. The van der Waals surface area contributed by atoms with E-state index in [2.05, 4.69) is 20.9 Å². The van der Waals surface area contributed by atoms with Gasteiger partial charge in [0.25, 0.3) is 0 Å². The highest BCUT2D eigenvalue weighted by molar-refractivity contribution is 9.10. The molecule has 5 heteroatoms. The van der Waals surface area contributed by atoms with Crippen LogP contribution in [0.4, 0.5) is 8.78 Å². The fraction of sp³-hybridized carbons (Fsp3) is 0.118. The Morgan fingerprint density at radius 2 is 1.82 bits per heavy atom. The Bertz CT molecular complexity index is 782. The third kappa shape index (κ3) is 3.42. The predicted octanol–water partition coefficient (Wildman–Crippen LogP) is 4.56. The van der Waals surface area contributed by atoms with Gasteiger partial charge in [-0.05, 0) is 23.8 Å². The SMILES string of the molecule is Fc1ccc(Cn2ccnc2Cc2ccc(Br)cc2)c(F)c1. The van der Waals surface area contributed by atoms with Crippen molar-refractivity contribution in [1.29, 1.82) is 0 Å². The van der Waals surface area contributed by atoms with E-state index < -0.39 is 11.6 Å². The number of hydrogen-bond donors (Lipinski definition) is 0. The summed E-state index contributed by atoms with van der Waals surface area (Å²) in [6.45, 7) is 0.331. The van der Waals surface area contributed by atoms with Crippen LogP contribution in [0.3, 0.4) is 0 Å². The molecule has 0 saturated heterocycles. The van der Waals surface area contributed by atoms with Gasteiger partial charge in [-0.1, -0.05) is 34.1 Å². The zero-order valence-electron chi connectivity index (χ0n) is 11.6. The molecule has 0 aliphatic rings. The fourth-order valence-corrected chi connectivity index (χ4v) is 2.53. The van der Waals surface area contributed by atoms with Crippen LogP contribution < -0.4 is 0 Å². The number of halogens is 3. The zero-order chi connectivity index (χ0) is 15.5. The molecule has 0 aliphatic heterocycles. The highest BCUT2D eigenvalue weighted by atomic mass is 79.9. The minimum Gasteiger partial charge on any atom is -0.330 e. The summed E-state index contributed by atoms with van der Waals surface area (Å²) in [4.78, 5) is 4.33. The maximum atomic E-state index is 13.8. The monoisotopic (exact) mass is 362 g/mol. The van der Waals surface area contributed by atoms with E-state index in [0.29, 0.717) is 18.5 Å². The summed E-state index contributed by atoms with van der Waals surface area (Å²) in [7, 11) is 0. The smallest absolute Gasteiger partial charge is 0.131 e. The first kappa shape index (κ1) is 14.9. The number of benzene rings is 2. The van der Waals surface area contributed by atoms with Crippen molar-refractivity contribution in [3.8, 4) is 0 Å². The van der Waals surface area contributed by atoms with E-state index in [4.69, 9.17) is 0 Å². The molecule has 2 aromatic carbocycles. The van der Waals surface area contributed by atoms with Crippen molar-refractivity contribution in [2.24, 2.45) is 0 Å². The number of aromatic nitrogens is 2. The van der Waals surface area contributed by atoms with E-state index in [-0.39, 0.29) is 0 Å². The molecule has 0 unspecified atom stereocenters. The van der Waals surface area contributed by atoms with E-state index in [0.717, 1.165) is 21.9 Å². The van der Waals surface area contributed by atoms with Crippen molar-refractivity contribution in [2.75, 3.05) is 0 Å². The average molecular weight is 363 g/mol. The molecule has 22 heavy (non-hydrogen) atoms. The molecule has 3 rings (SSSR count). The van der Waals surface area contributed by atoms with Gasteiger partial charge in [0.15, 0.2) is 0 Å². The normalized spacial score (nSPS) is 10.9. The van der Waals surface area contributed by atoms with Crippen molar-refractivity contribution in [2.45, 2.75) is 13.0 Å². The van der Waals surface area contributed by atoms with Gasteiger partial charge in [0.1, 0.15) is 17.5 Å². The van der Waals surface area contributed by atoms with Crippen molar-refractivity contribution >= 4 is 15.9 Å². The van der Waals surface area contributed by atoms with E-state index in [1.165, 1.54) is 12.1 Å². The zero-order valence-corrected chi connectivity index (χ0v) is 13.2. The Morgan fingerprint density at radius 3 is 2.55 bits per heavy atom. The molecule has 0 bridgehead atoms. The molecule has 0 amide bonds. The van der Waals surface area contributed by atoms with Crippen molar-refractivity contribution in [3.05, 3.63) is 87.9 Å². The summed E-state index contributed by atoms with van der Waals surface area (Å²) < 4.78 is 29.6. The fourth-order valence-electron chi connectivity index (χ4n) is 2.27. The standard InChI is InChI=1S/C17H13BrF2N2/c18-14-4-1-12(2-5-14)9-17-21-7-8-22(17)11-13-3-6-15(19)10-16(13)20/h1-8,10H,9,11H2. The van der Waals surface area contributed by atoms with E-state index in [9.17, 15) is 8.78 Å². The molecule has 1 heterocycles. The van der Waals surface area contributed by atoms with Gasteiger partial charge >= 0.3 is 0 Å². The van der Waals surface area contributed by atoms with Gasteiger partial charge in [-0.2, -0.15) is 0 Å². The Morgan fingerprint density at radius 1 is 1.05 bits per heavy atom. The molecule has 0 radical (unpaired) electrons. The second kappa shape index (κ2) is 6.40. The molecule has 0 saturated carbocycles. The van der Waals surface area contributed by atoms with Gasteiger partial charge in [-0.25, -0.2) is 13.8 Å². The molecule has 2 nitrogen and oxygen atoms in total. The predicted molar refractivity (Wildman–Crippen MR) is 84.6 cm³/mol. The van der Waals surface area contributed by atoms with Crippen LogP contribution in [0.15, 0.2) is 59.3 Å². The molecular weight excluding hydrogens is 350 g/mol. The van der Waals surface area contributed by atoms with Crippen LogP contribution in [0.1, 0.15) is 17.0 Å². The van der Waals surface area contributed by atoms with E-state index in [1.54, 1.807) is 12.4 Å². The molecule has 0 N–H and O–H groups in total. The highest BCUT2D eigenvalue weighted by Gasteiger charge is 2.09. The van der Waals surface area contributed by atoms with Crippen LogP contribution in [0.5, 0.6) is 0 Å². The first-order chi connectivity index (χ1) is 10.6. The average Bonchev–Trinajstić information content (AvgIpc) is 2.91. The quantitative estimate of drug-likeness (QED) is 0.664. The lowest BCUT2D eigenvalue weighted by molar-refractivity contribution is 0.564. The third-order valence-electron chi connectivity index (χ3n) is 3.43. The Kier molecular flexibility index (Phi) is 4.34. The van der Waals surface area contributed by atoms with Crippen LogP contribution >= 0.6 is 15.9 Å². The molecule has 0 fully saturated rings.